The number of benzene rings is 2. The van der Waals surface area contributed by atoms with Crippen LogP contribution in [0.4, 0.5) is 8.78 Å². The number of halogens is 2. The lowest BCUT2D eigenvalue weighted by molar-refractivity contribution is 0.0988. The summed E-state index contributed by atoms with van der Waals surface area (Å²) in [5.41, 5.74) is 0.573. The van der Waals surface area contributed by atoms with E-state index in [2.05, 4.69) is 4.98 Å². The lowest BCUT2D eigenvalue weighted by Gasteiger charge is -2.00. The minimum atomic E-state index is -0.711. The molecule has 3 aromatic rings. The zero-order chi connectivity index (χ0) is 14.1. The Labute approximate surface area is 117 Å². The van der Waals surface area contributed by atoms with Gasteiger partial charge in [-0.15, -0.1) is 11.3 Å². The Balaban J connectivity index is 1.90. The Kier molecular flexibility index (Phi) is 3.28. The number of nitrogens with zero attached hydrogens (tertiary/aromatic N) is 1. The van der Waals surface area contributed by atoms with Crippen molar-refractivity contribution in [1.82, 2.24) is 4.98 Å². The van der Waals surface area contributed by atoms with Gasteiger partial charge in [0.05, 0.1) is 22.2 Å². The molecule has 100 valence electrons. The zero-order valence-electron chi connectivity index (χ0n) is 10.3. The standard InChI is InChI=1S/C15H9F2NOS/c16-9-5-6-11(17)10(7-9)13(19)8-15-18-12-3-1-2-4-14(12)20-15/h1-7H,8H2. The predicted octanol–water partition coefficient (Wildman–Crippen LogP) is 4.00. The maximum atomic E-state index is 13.5. The van der Waals surface area contributed by atoms with Crippen molar-refractivity contribution in [2.24, 2.45) is 0 Å². The van der Waals surface area contributed by atoms with E-state index in [4.69, 9.17) is 0 Å². The third kappa shape index (κ3) is 2.44. The van der Waals surface area contributed by atoms with Crippen molar-refractivity contribution in [2.45, 2.75) is 6.42 Å². The summed E-state index contributed by atoms with van der Waals surface area (Å²) in [6, 6.07) is 10.4. The van der Waals surface area contributed by atoms with Gasteiger partial charge >= 0.3 is 0 Å². The highest BCUT2D eigenvalue weighted by Gasteiger charge is 2.15. The number of thiazole rings is 1. The molecule has 2 aromatic carbocycles. The molecule has 0 amide bonds. The van der Waals surface area contributed by atoms with Gasteiger partial charge in [-0.3, -0.25) is 4.79 Å². The number of ketones is 1. The number of hydrogen-bond donors (Lipinski definition) is 0. The molecule has 0 N–H and O–H groups in total. The van der Waals surface area contributed by atoms with Gasteiger partial charge in [-0.2, -0.15) is 0 Å². The molecular formula is C15H9F2NOS. The highest BCUT2D eigenvalue weighted by atomic mass is 32.1. The van der Waals surface area contributed by atoms with E-state index in [0.29, 0.717) is 5.01 Å². The van der Waals surface area contributed by atoms with Crippen LogP contribution in [-0.2, 0) is 6.42 Å². The number of aromatic nitrogens is 1. The van der Waals surface area contributed by atoms with Crippen LogP contribution in [0.3, 0.4) is 0 Å². The molecule has 0 fully saturated rings. The lowest BCUT2D eigenvalue weighted by Crippen LogP contribution is -2.06. The van der Waals surface area contributed by atoms with E-state index in [1.165, 1.54) is 11.3 Å². The van der Waals surface area contributed by atoms with Crippen LogP contribution in [0.1, 0.15) is 15.4 Å². The summed E-state index contributed by atoms with van der Waals surface area (Å²) in [5, 5.41) is 0.597. The van der Waals surface area contributed by atoms with E-state index < -0.39 is 17.4 Å². The summed E-state index contributed by atoms with van der Waals surface area (Å²) in [7, 11) is 0. The summed E-state index contributed by atoms with van der Waals surface area (Å²) in [6.07, 6.45) is -0.0281. The number of carbonyl (C=O) groups excluding carboxylic acids is 1. The van der Waals surface area contributed by atoms with E-state index in [9.17, 15) is 13.6 Å². The van der Waals surface area contributed by atoms with Gasteiger partial charge in [-0.25, -0.2) is 13.8 Å². The molecule has 0 aliphatic heterocycles. The molecule has 0 spiro atoms. The van der Waals surface area contributed by atoms with Crippen molar-refractivity contribution in [3.05, 3.63) is 64.7 Å². The van der Waals surface area contributed by atoms with E-state index in [0.717, 1.165) is 28.4 Å². The van der Waals surface area contributed by atoms with Crippen molar-refractivity contribution >= 4 is 27.3 Å². The number of fused-ring (bicyclic) bond motifs is 1. The fraction of sp³-hybridized carbons (Fsp3) is 0.0667. The van der Waals surface area contributed by atoms with Crippen LogP contribution >= 0.6 is 11.3 Å². The third-order valence-corrected chi connectivity index (χ3v) is 3.92. The van der Waals surface area contributed by atoms with Gasteiger partial charge in [-0.05, 0) is 30.3 Å². The Morgan fingerprint density at radius 3 is 2.75 bits per heavy atom. The van der Waals surface area contributed by atoms with E-state index >= 15 is 0 Å². The Hall–Kier alpha value is -2.14. The van der Waals surface area contributed by atoms with Gasteiger partial charge in [-0.1, -0.05) is 12.1 Å². The first kappa shape index (κ1) is 12.9. The molecule has 1 aromatic heterocycles. The summed E-state index contributed by atoms with van der Waals surface area (Å²) >= 11 is 1.38. The average molecular weight is 289 g/mol. The SMILES string of the molecule is O=C(Cc1nc2ccccc2s1)c1cc(F)ccc1F. The van der Waals surface area contributed by atoms with Crippen LogP contribution in [0.2, 0.25) is 0 Å². The minimum Gasteiger partial charge on any atom is -0.294 e. The quantitative estimate of drug-likeness (QED) is 0.682. The van der Waals surface area contributed by atoms with Crippen LogP contribution < -0.4 is 0 Å². The van der Waals surface area contributed by atoms with Gasteiger partial charge in [0.2, 0.25) is 0 Å². The Morgan fingerprint density at radius 1 is 1.15 bits per heavy atom. The predicted molar refractivity (Wildman–Crippen MR) is 74.0 cm³/mol. The molecule has 0 aliphatic carbocycles. The molecule has 0 bridgehead atoms. The summed E-state index contributed by atoms with van der Waals surface area (Å²) < 4.78 is 27.6. The molecule has 5 heteroatoms. The summed E-state index contributed by atoms with van der Waals surface area (Å²) in [4.78, 5) is 16.3. The van der Waals surface area contributed by atoms with Gasteiger partial charge in [0, 0.05) is 0 Å². The fourth-order valence-electron chi connectivity index (χ4n) is 1.94. The zero-order valence-corrected chi connectivity index (χ0v) is 11.1. The van der Waals surface area contributed by atoms with Crippen LogP contribution in [0, 0.1) is 11.6 Å². The molecular weight excluding hydrogens is 280 g/mol. The number of Topliss-reactive ketones (excluding diaryl/α,β-unsaturated/α-hetero) is 1. The number of para-hydroxylation sites is 1. The molecule has 3 rings (SSSR count). The van der Waals surface area contributed by atoms with Crippen LogP contribution in [0.15, 0.2) is 42.5 Å². The molecule has 0 radical (unpaired) electrons. The minimum absolute atomic E-state index is 0.0281. The highest BCUT2D eigenvalue weighted by molar-refractivity contribution is 7.18. The summed E-state index contributed by atoms with van der Waals surface area (Å²) in [6.45, 7) is 0. The molecule has 2 nitrogen and oxygen atoms in total. The fourth-order valence-corrected chi connectivity index (χ4v) is 2.91. The van der Waals surface area contributed by atoms with Crippen molar-refractivity contribution in [3.63, 3.8) is 0 Å². The van der Waals surface area contributed by atoms with E-state index in [-0.39, 0.29) is 12.0 Å². The smallest absolute Gasteiger partial charge is 0.172 e. The van der Waals surface area contributed by atoms with E-state index in [1.54, 1.807) is 0 Å². The van der Waals surface area contributed by atoms with Crippen molar-refractivity contribution in [1.29, 1.82) is 0 Å². The number of rotatable bonds is 3. The molecule has 0 unspecified atom stereocenters. The summed E-state index contributed by atoms with van der Waals surface area (Å²) in [5.74, 6) is -1.81. The first-order chi connectivity index (χ1) is 9.63. The van der Waals surface area contributed by atoms with Crippen molar-refractivity contribution in [3.8, 4) is 0 Å². The largest absolute Gasteiger partial charge is 0.294 e. The average Bonchev–Trinajstić information content (AvgIpc) is 2.83. The number of hydrogen-bond acceptors (Lipinski definition) is 3. The van der Waals surface area contributed by atoms with Crippen LogP contribution in [-0.4, -0.2) is 10.8 Å². The van der Waals surface area contributed by atoms with Crippen LogP contribution in [0.25, 0.3) is 10.2 Å². The van der Waals surface area contributed by atoms with Crippen molar-refractivity contribution < 1.29 is 13.6 Å². The van der Waals surface area contributed by atoms with E-state index in [1.807, 2.05) is 24.3 Å². The van der Waals surface area contributed by atoms with Gasteiger partial charge in [0.1, 0.15) is 16.6 Å². The normalized spacial score (nSPS) is 10.9. The molecule has 20 heavy (non-hydrogen) atoms. The Bertz CT molecular complexity index is 764. The molecule has 0 atom stereocenters. The van der Waals surface area contributed by atoms with Crippen molar-refractivity contribution in [2.75, 3.05) is 0 Å². The molecule has 0 saturated carbocycles. The molecule has 0 saturated heterocycles. The lowest BCUT2D eigenvalue weighted by atomic mass is 10.1. The maximum Gasteiger partial charge on any atom is 0.172 e. The van der Waals surface area contributed by atoms with Gasteiger partial charge < -0.3 is 0 Å². The second kappa shape index (κ2) is 5.09. The second-order valence-electron chi connectivity index (χ2n) is 4.30. The number of carbonyl (C=O) groups is 1. The first-order valence-electron chi connectivity index (χ1n) is 5.96. The monoisotopic (exact) mass is 289 g/mol. The molecule has 1 heterocycles. The third-order valence-electron chi connectivity index (χ3n) is 2.88. The maximum absolute atomic E-state index is 13.5. The Morgan fingerprint density at radius 2 is 1.95 bits per heavy atom. The molecule has 0 aliphatic rings. The first-order valence-corrected chi connectivity index (χ1v) is 6.78. The topological polar surface area (TPSA) is 30.0 Å². The highest BCUT2D eigenvalue weighted by Crippen LogP contribution is 2.23. The van der Waals surface area contributed by atoms with Gasteiger partial charge in [0.15, 0.2) is 5.78 Å². The van der Waals surface area contributed by atoms with Gasteiger partial charge in [0.25, 0.3) is 0 Å². The second-order valence-corrected chi connectivity index (χ2v) is 5.41. The van der Waals surface area contributed by atoms with Crippen LogP contribution in [0.5, 0.6) is 0 Å².